The van der Waals surface area contributed by atoms with E-state index in [4.69, 9.17) is 9.15 Å². The van der Waals surface area contributed by atoms with Crippen LogP contribution in [0.1, 0.15) is 18.2 Å². The first-order valence-corrected chi connectivity index (χ1v) is 9.42. The van der Waals surface area contributed by atoms with Crippen LogP contribution in [0.5, 0.6) is 5.75 Å². The Morgan fingerprint density at radius 2 is 2.06 bits per heavy atom. The van der Waals surface area contributed by atoms with Crippen LogP contribution in [0.3, 0.4) is 0 Å². The topological polar surface area (TPSA) is 118 Å². The summed E-state index contributed by atoms with van der Waals surface area (Å²) in [5, 5.41) is 23.1. The van der Waals surface area contributed by atoms with Gasteiger partial charge in [-0.2, -0.15) is 5.26 Å². The number of nitrogens with zero attached hydrogens (tertiary/aromatic N) is 2. The van der Waals surface area contributed by atoms with E-state index in [0.29, 0.717) is 29.4 Å². The van der Waals surface area contributed by atoms with Crippen molar-refractivity contribution in [3.05, 3.63) is 81.6 Å². The third-order valence-electron chi connectivity index (χ3n) is 4.38. The number of hydrogen-bond donors (Lipinski definition) is 1. The normalized spacial score (nSPS) is 10.9. The van der Waals surface area contributed by atoms with E-state index in [0.717, 1.165) is 5.56 Å². The molecule has 0 unspecified atom stereocenters. The quantitative estimate of drug-likeness (QED) is 0.247. The highest BCUT2D eigenvalue weighted by molar-refractivity contribution is 6.09. The van der Waals surface area contributed by atoms with Gasteiger partial charge in [-0.3, -0.25) is 14.9 Å². The number of amides is 1. The molecule has 1 amide bonds. The number of anilines is 1. The number of benzene rings is 2. The maximum absolute atomic E-state index is 12.5. The van der Waals surface area contributed by atoms with Crippen LogP contribution in [-0.4, -0.2) is 17.4 Å². The van der Waals surface area contributed by atoms with Crippen molar-refractivity contribution in [2.24, 2.45) is 0 Å². The zero-order valence-electron chi connectivity index (χ0n) is 16.9. The standard InChI is InChI=1S/C23H19N3O5/c1-3-30-19-6-4-5-17(12-19)25-23(27)16(14-24)11-20-9-10-22(31-20)21-13-18(26(28)29)8-7-15(21)2/h4-13H,3H2,1-2H3,(H,25,27). The van der Waals surface area contributed by atoms with Crippen LogP contribution in [0.2, 0.25) is 0 Å². The molecule has 3 aromatic rings. The van der Waals surface area contributed by atoms with E-state index >= 15 is 0 Å². The fourth-order valence-electron chi connectivity index (χ4n) is 2.88. The molecular weight excluding hydrogens is 398 g/mol. The second kappa shape index (κ2) is 9.41. The summed E-state index contributed by atoms with van der Waals surface area (Å²) in [6, 6.07) is 16.4. The molecule has 0 aliphatic carbocycles. The van der Waals surface area contributed by atoms with E-state index in [-0.39, 0.29) is 17.0 Å². The van der Waals surface area contributed by atoms with E-state index in [1.54, 1.807) is 42.5 Å². The first-order valence-electron chi connectivity index (χ1n) is 9.42. The molecule has 0 aliphatic rings. The molecule has 2 aromatic carbocycles. The number of non-ortho nitro benzene ring substituents is 1. The molecule has 1 heterocycles. The molecule has 8 heteroatoms. The summed E-state index contributed by atoms with van der Waals surface area (Å²) in [6.07, 6.45) is 1.32. The number of furan rings is 1. The molecule has 0 aliphatic heterocycles. The molecule has 156 valence electrons. The Morgan fingerprint density at radius 3 is 2.77 bits per heavy atom. The summed E-state index contributed by atoms with van der Waals surface area (Å²) >= 11 is 0. The van der Waals surface area contributed by atoms with Gasteiger partial charge in [0.1, 0.15) is 28.9 Å². The van der Waals surface area contributed by atoms with Gasteiger partial charge in [-0.1, -0.05) is 12.1 Å². The molecule has 8 nitrogen and oxygen atoms in total. The minimum Gasteiger partial charge on any atom is -0.494 e. The molecule has 0 fully saturated rings. The minimum absolute atomic E-state index is 0.0551. The van der Waals surface area contributed by atoms with E-state index in [9.17, 15) is 20.2 Å². The highest BCUT2D eigenvalue weighted by atomic mass is 16.6. The number of nitro groups is 1. The van der Waals surface area contributed by atoms with Crippen molar-refractivity contribution >= 4 is 23.4 Å². The molecule has 0 bridgehead atoms. The van der Waals surface area contributed by atoms with Crippen molar-refractivity contribution in [2.75, 3.05) is 11.9 Å². The predicted molar refractivity (Wildman–Crippen MR) is 115 cm³/mol. The van der Waals surface area contributed by atoms with Crippen molar-refractivity contribution in [3.63, 3.8) is 0 Å². The Balaban J connectivity index is 1.83. The van der Waals surface area contributed by atoms with Gasteiger partial charge < -0.3 is 14.5 Å². The maximum atomic E-state index is 12.5. The van der Waals surface area contributed by atoms with Crippen LogP contribution in [0.25, 0.3) is 17.4 Å². The molecule has 31 heavy (non-hydrogen) atoms. The Bertz CT molecular complexity index is 1200. The van der Waals surface area contributed by atoms with Crippen molar-refractivity contribution < 1.29 is 18.9 Å². The van der Waals surface area contributed by atoms with Crippen molar-refractivity contribution in [1.29, 1.82) is 5.26 Å². The van der Waals surface area contributed by atoms with Crippen LogP contribution in [-0.2, 0) is 4.79 Å². The predicted octanol–water partition coefficient (Wildman–Crippen LogP) is 5.11. The van der Waals surface area contributed by atoms with E-state index in [2.05, 4.69) is 5.32 Å². The van der Waals surface area contributed by atoms with Gasteiger partial charge in [-0.25, -0.2) is 0 Å². The Morgan fingerprint density at radius 1 is 1.26 bits per heavy atom. The van der Waals surface area contributed by atoms with Crippen molar-refractivity contribution in [3.8, 4) is 23.1 Å². The lowest BCUT2D eigenvalue weighted by Gasteiger charge is -2.07. The second-order valence-corrected chi connectivity index (χ2v) is 6.54. The Labute approximate surface area is 178 Å². The van der Waals surface area contributed by atoms with Gasteiger partial charge in [0.15, 0.2) is 0 Å². The van der Waals surface area contributed by atoms with Gasteiger partial charge >= 0.3 is 0 Å². The van der Waals surface area contributed by atoms with E-state index in [1.165, 1.54) is 18.2 Å². The number of nitriles is 1. The monoisotopic (exact) mass is 417 g/mol. The van der Waals surface area contributed by atoms with Gasteiger partial charge in [0.05, 0.1) is 11.5 Å². The van der Waals surface area contributed by atoms with Crippen LogP contribution in [0.15, 0.2) is 64.6 Å². The molecule has 0 atom stereocenters. The second-order valence-electron chi connectivity index (χ2n) is 6.54. The van der Waals surface area contributed by atoms with Crippen molar-refractivity contribution in [1.82, 2.24) is 0 Å². The Hall–Kier alpha value is -4.38. The molecular formula is C23H19N3O5. The van der Waals surface area contributed by atoms with Gasteiger partial charge in [-0.05, 0) is 43.7 Å². The zero-order chi connectivity index (χ0) is 22.4. The molecule has 0 radical (unpaired) electrons. The molecule has 3 rings (SSSR count). The lowest BCUT2D eigenvalue weighted by molar-refractivity contribution is -0.384. The highest BCUT2D eigenvalue weighted by Crippen LogP contribution is 2.30. The SMILES string of the molecule is CCOc1cccc(NC(=O)C(C#N)=Cc2ccc(-c3cc([N+](=O)[O-])ccc3C)o2)c1. The summed E-state index contributed by atoms with van der Waals surface area (Å²) in [4.78, 5) is 23.1. The van der Waals surface area contributed by atoms with Gasteiger partial charge in [0.2, 0.25) is 0 Å². The lowest BCUT2D eigenvalue weighted by Crippen LogP contribution is -2.13. The molecule has 0 saturated heterocycles. The fourth-order valence-corrected chi connectivity index (χ4v) is 2.88. The minimum atomic E-state index is -0.597. The number of nitro benzene ring substituents is 1. The summed E-state index contributed by atoms with van der Waals surface area (Å²) < 4.78 is 11.1. The van der Waals surface area contributed by atoms with E-state index < -0.39 is 10.8 Å². The van der Waals surface area contributed by atoms with Gasteiger partial charge in [0, 0.05) is 35.5 Å². The van der Waals surface area contributed by atoms with Crippen molar-refractivity contribution in [2.45, 2.75) is 13.8 Å². The first-order chi connectivity index (χ1) is 14.9. The maximum Gasteiger partial charge on any atom is 0.270 e. The molecule has 1 aromatic heterocycles. The van der Waals surface area contributed by atoms with Gasteiger partial charge in [0.25, 0.3) is 11.6 Å². The summed E-state index contributed by atoms with van der Waals surface area (Å²) in [5.74, 6) is 0.677. The zero-order valence-corrected chi connectivity index (χ0v) is 16.9. The molecule has 0 saturated carbocycles. The Kier molecular flexibility index (Phi) is 6.48. The number of aryl methyl sites for hydroxylation is 1. The van der Waals surface area contributed by atoms with Crippen LogP contribution in [0, 0.1) is 28.4 Å². The number of carbonyl (C=O) groups excluding carboxylic acids is 1. The summed E-state index contributed by atoms with van der Waals surface area (Å²) in [7, 11) is 0. The average molecular weight is 417 g/mol. The van der Waals surface area contributed by atoms with Crippen LogP contribution < -0.4 is 10.1 Å². The first kappa shape index (κ1) is 21.3. The highest BCUT2D eigenvalue weighted by Gasteiger charge is 2.15. The number of ether oxygens (including phenoxy) is 1. The number of nitrogens with one attached hydrogen (secondary N) is 1. The van der Waals surface area contributed by atoms with Crippen LogP contribution >= 0.6 is 0 Å². The number of carbonyl (C=O) groups is 1. The largest absolute Gasteiger partial charge is 0.494 e. The molecule has 0 spiro atoms. The summed E-state index contributed by atoms with van der Waals surface area (Å²) in [5.41, 5.74) is 1.64. The van der Waals surface area contributed by atoms with E-state index in [1.807, 2.05) is 19.9 Å². The van der Waals surface area contributed by atoms with Gasteiger partial charge in [-0.15, -0.1) is 0 Å². The summed E-state index contributed by atoms with van der Waals surface area (Å²) in [6.45, 7) is 4.15. The fraction of sp³-hybridized carbons (Fsp3) is 0.130. The third-order valence-corrected chi connectivity index (χ3v) is 4.38. The number of hydrogen-bond acceptors (Lipinski definition) is 6. The lowest BCUT2D eigenvalue weighted by atomic mass is 10.1. The third kappa shape index (κ3) is 5.16. The molecule has 1 N–H and O–H groups in total. The smallest absolute Gasteiger partial charge is 0.270 e. The average Bonchev–Trinajstić information content (AvgIpc) is 3.21. The van der Waals surface area contributed by atoms with Crippen LogP contribution in [0.4, 0.5) is 11.4 Å². The number of rotatable bonds is 7.